The van der Waals surface area contributed by atoms with E-state index in [2.05, 4.69) is 16.0 Å². The minimum Gasteiger partial charge on any atom is -0.465 e. The molecule has 1 saturated heterocycles. The molecule has 35 heavy (non-hydrogen) atoms. The van der Waals surface area contributed by atoms with Crippen molar-refractivity contribution in [3.05, 3.63) is 52.3 Å². The molecule has 1 atom stereocenters. The van der Waals surface area contributed by atoms with Crippen molar-refractivity contribution in [2.45, 2.75) is 38.5 Å². The Morgan fingerprint density at radius 3 is 2.77 bits per heavy atom. The van der Waals surface area contributed by atoms with Crippen LogP contribution in [0.2, 0.25) is 5.02 Å². The van der Waals surface area contributed by atoms with E-state index >= 15 is 0 Å². The largest absolute Gasteiger partial charge is 0.465 e. The second-order valence-corrected chi connectivity index (χ2v) is 9.97. The third kappa shape index (κ3) is 4.35. The van der Waals surface area contributed by atoms with E-state index in [4.69, 9.17) is 16.3 Å². The molecule has 0 spiro atoms. The number of carbonyl (C=O) groups excluding carboxylic acids is 1. The molecule has 0 saturated carbocycles. The maximum Gasteiger partial charge on any atom is 0.407 e. The van der Waals surface area contributed by atoms with Gasteiger partial charge in [-0.15, -0.1) is 0 Å². The molecule has 2 aliphatic heterocycles. The molecular weight excluding hydrogens is 472 g/mol. The van der Waals surface area contributed by atoms with E-state index in [1.54, 1.807) is 17.3 Å². The Kier molecular flexibility index (Phi) is 5.94. The van der Waals surface area contributed by atoms with Gasteiger partial charge in [0.05, 0.1) is 24.3 Å². The molecule has 5 rings (SSSR count). The highest BCUT2D eigenvalue weighted by atomic mass is 35.5. The van der Waals surface area contributed by atoms with Crippen LogP contribution in [0.4, 0.5) is 4.79 Å². The van der Waals surface area contributed by atoms with Gasteiger partial charge in [-0.25, -0.2) is 9.78 Å². The molecule has 10 heteroatoms. The van der Waals surface area contributed by atoms with Gasteiger partial charge in [0.15, 0.2) is 0 Å². The summed E-state index contributed by atoms with van der Waals surface area (Å²) in [6.45, 7) is 4.53. The van der Waals surface area contributed by atoms with E-state index in [9.17, 15) is 19.8 Å². The molecule has 3 N–H and O–H groups in total. The zero-order valence-electron chi connectivity index (χ0n) is 19.5. The van der Waals surface area contributed by atoms with Gasteiger partial charge in [0.25, 0.3) is 5.91 Å². The van der Waals surface area contributed by atoms with Crippen molar-refractivity contribution in [2.24, 2.45) is 0 Å². The Morgan fingerprint density at radius 2 is 2.03 bits per heavy atom. The fourth-order valence-electron chi connectivity index (χ4n) is 4.94. The number of benzene rings is 1. The van der Waals surface area contributed by atoms with Crippen molar-refractivity contribution in [1.82, 2.24) is 19.8 Å². The number of fused-ring (bicyclic) bond motifs is 2. The average Bonchev–Trinajstić information content (AvgIpc) is 3.22. The first-order chi connectivity index (χ1) is 16.6. The van der Waals surface area contributed by atoms with Crippen LogP contribution in [0.15, 0.2) is 30.6 Å². The van der Waals surface area contributed by atoms with Crippen molar-refractivity contribution in [3.8, 4) is 11.1 Å². The number of aromatic amines is 1. The summed E-state index contributed by atoms with van der Waals surface area (Å²) in [5.74, 6) is -0.357. The predicted octanol–water partition coefficient (Wildman–Crippen LogP) is 3.59. The number of H-pyrrole nitrogens is 1. The fourth-order valence-corrected chi connectivity index (χ4v) is 5.14. The van der Waals surface area contributed by atoms with Crippen molar-refractivity contribution in [2.75, 3.05) is 26.3 Å². The van der Waals surface area contributed by atoms with E-state index < -0.39 is 17.7 Å². The number of hydrogen-bond acceptors (Lipinski definition) is 5. The van der Waals surface area contributed by atoms with Crippen LogP contribution in [0.25, 0.3) is 22.2 Å². The number of rotatable bonds is 3. The van der Waals surface area contributed by atoms with Gasteiger partial charge in [-0.05, 0) is 54.7 Å². The number of ether oxygens (including phenoxy) is 1. The first kappa shape index (κ1) is 23.6. The van der Waals surface area contributed by atoms with Crippen molar-refractivity contribution < 1.29 is 24.5 Å². The summed E-state index contributed by atoms with van der Waals surface area (Å²) in [4.78, 5) is 35.4. The number of hydrogen-bond donors (Lipinski definition) is 3. The molecule has 2 aromatic heterocycles. The highest BCUT2D eigenvalue weighted by molar-refractivity contribution is 6.35. The minimum absolute atomic E-state index is 0.225. The van der Waals surface area contributed by atoms with E-state index in [0.717, 1.165) is 33.2 Å². The first-order valence-electron chi connectivity index (χ1n) is 11.5. The van der Waals surface area contributed by atoms with Crippen molar-refractivity contribution in [3.63, 3.8) is 0 Å². The minimum atomic E-state index is -1.49. The Morgan fingerprint density at radius 1 is 1.23 bits per heavy atom. The van der Waals surface area contributed by atoms with Crippen LogP contribution in [-0.4, -0.2) is 73.9 Å². The molecule has 9 nitrogen and oxygen atoms in total. The molecule has 0 unspecified atom stereocenters. The van der Waals surface area contributed by atoms with Gasteiger partial charge >= 0.3 is 6.09 Å². The number of nitrogens with zero attached hydrogens (tertiary/aromatic N) is 3. The number of amides is 2. The van der Waals surface area contributed by atoms with E-state index in [1.807, 2.05) is 12.1 Å². The number of aromatic nitrogens is 2. The lowest BCUT2D eigenvalue weighted by molar-refractivity contribution is -0.148. The molecular formula is C25H27ClN4O5. The number of nitrogens with one attached hydrogen (secondary N) is 1. The first-order valence-corrected chi connectivity index (χ1v) is 11.9. The Hall–Kier alpha value is -3.14. The predicted molar refractivity (Wildman–Crippen MR) is 130 cm³/mol. The van der Waals surface area contributed by atoms with Crippen molar-refractivity contribution in [1.29, 1.82) is 0 Å². The Balaban J connectivity index is 1.64. The zero-order valence-corrected chi connectivity index (χ0v) is 20.3. The summed E-state index contributed by atoms with van der Waals surface area (Å²) < 4.78 is 5.69. The molecule has 0 radical (unpaired) electrons. The maximum atomic E-state index is 12.8. The van der Waals surface area contributed by atoms with Gasteiger partial charge in [0, 0.05) is 43.0 Å². The second kappa shape index (κ2) is 8.82. The maximum absolute atomic E-state index is 12.8. The third-order valence-corrected chi connectivity index (χ3v) is 7.05. The SMILES string of the molecule is CC(C)(O)C(=O)N1CCc2cc(-c3cnc4[nH]cc(Cl)c4c3)cc([C@@H]3COCCN3C(=O)O)c2C1. The highest BCUT2D eigenvalue weighted by Crippen LogP contribution is 2.37. The fraction of sp³-hybridized carbons (Fsp3) is 0.400. The molecule has 1 fully saturated rings. The summed E-state index contributed by atoms with van der Waals surface area (Å²) in [6, 6.07) is 5.49. The third-order valence-electron chi connectivity index (χ3n) is 6.73. The Bertz CT molecular complexity index is 1320. The zero-order chi connectivity index (χ0) is 24.9. The van der Waals surface area contributed by atoms with Crippen molar-refractivity contribution >= 4 is 34.6 Å². The molecule has 2 amide bonds. The summed E-state index contributed by atoms with van der Waals surface area (Å²) >= 11 is 6.32. The van der Waals surface area contributed by atoms with Gasteiger partial charge in [0.2, 0.25) is 0 Å². The summed E-state index contributed by atoms with van der Waals surface area (Å²) in [6.07, 6.45) is 3.03. The van der Waals surface area contributed by atoms with E-state index in [-0.39, 0.29) is 19.1 Å². The van der Waals surface area contributed by atoms with Crippen LogP contribution in [0, 0.1) is 0 Å². The summed E-state index contributed by atoms with van der Waals surface area (Å²) in [5, 5.41) is 21.5. The normalized spacial score (nSPS) is 18.6. The lowest BCUT2D eigenvalue weighted by atomic mass is 9.86. The monoisotopic (exact) mass is 498 g/mol. The number of morpholine rings is 1. The van der Waals surface area contributed by atoms with Crippen LogP contribution >= 0.6 is 11.6 Å². The van der Waals surface area contributed by atoms with Crippen LogP contribution in [0.1, 0.15) is 36.6 Å². The molecule has 2 aliphatic rings. The number of aliphatic hydroxyl groups is 1. The lowest BCUT2D eigenvalue weighted by Crippen LogP contribution is -2.48. The molecule has 0 aliphatic carbocycles. The standard InChI is InChI=1S/C25H27ClN4O5/c1-25(2,34)23(31)29-4-3-14-7-15(16-9-18-20(26)11-28-22(18)27-10-16)8-17(19(14)12-29)21-13-35-6-5-30(21)24(32)33/h7-11,21,34H,3-6,12-13H2,1-2H3,(H,27,28)(H,32,33)/t21-/m0/s1. The molecule has 0 bridgehead atoms. The number of halogens is 1. The highest BCUT2D eigenvalue weighted by Gasteiger charge is 2.36. The van der Waals surface area contributed by atoms with Crippen LogP contribution in [0.3, 0.4) is 0 Å². The topological polar surface area (TPSA) is 119 Å². The van der Waals surface area contributed by atoms with Gasteiger partial charge in [-0.3, -0.25) is 9.69 Å². The van der Waals surface area contributed by atoms with E-state index in [0.29, 0.717) is 36.8 Å². The smallest absolute Gasteiger partial charge is 0.407 e. The van der Waals surface area contributed by atoms with Gasteiger partial charge in [-0.2, -0.15) is 0 Å². The summed E-state index contributed by atoms with van der Waals surface area (Å²) in [7, 11) is 0. The number of carbonyl (C=O) groups is 2. The van der Waals surface area contributed by atoms with E-state index in [1.165, 1.54) is 18.7 Å². The van der Waals surface area contributed by atoms with Crippen LogP contribution in [-0.2, 0) is 22.5 Å². The van der Waals surface area contributed by atoms with Gasteiger partial charge < -0.3 is 24.8 Å². The van der Waals surface area contributed by atoms with Crippen LogP contribution in [0.5, 0.6) is 0 Å². The Labute approximate surface area is 207 Å². The number of carboxylic acid groups (broad SMARTS) is 1. The van der Waals surface area contributed by atoms with Gasteiger partial charge in [0.1, 0.15) is 11.2 Å². The second-order valence-electron chi connectivity index (χ2n) is 9.56. The molecule has 3 aromatic rings. The average molecular weight is 499 g/mol. The summed E-state index contributed by atoms with van der Waals surface area (Å²) in [5.41, 5.74) is 3.68. The van der Waals surface area contributed by atoms with Crippen LogP contribution < -0.4 is 0 Å². The number of pyridine rings is 1. The molecule has 1 aromatic carbocycles. The molecule has 4 heterocycles. The van der Waals surface area contributed by atoms with Gasteiger partial charge in [-0.1, -0.05) is 17.7 Å². The lowest BCUT2D eigenvalue weighted by Gasteiger charge is -2.39. The quantitative estimate of drug-likeness (QED) is 0.507. The molecule has 184 valence electrons.